The molecule has 2 nitrogen and oxygen atoms in total. The second kappa shape index (κ2) is 6.18. The first-order valence-corrected chi connectivity index (χ1v) is 7.07. The molecule has 0 saturated heterocycles. The maximum Gasteiger partial charge on any atom is 0.0358 e. The molecule has 0 aliphatic heterocycles. The molecule has 0 aromatic heterocycles. The number of fused-ring (bicyclic) bond motifs is 1. The minimum absolute atomic E-state index is 0.334. The predicted octanol–water partition coefficient (Wildman–Crippen LogP) is 3.39. The van der Waals surface area contributed by atoms with Gasteiger partial charge in [-0.15, -0.1) is 0 Å². The Bertz CT molecular complexity index is 544. The molecule has 0 spiro atoms. The van der Waals surface area contributed by atoms with Crippen molar-refractivity contribution in [3.63, 3.8) is 0 Å². The van der Waals surface area contributed by atoms with E-state index < -0.39 is 0 Å². The Kier molecular flexibility index (Phi) is 4.56. The zero-order chi connectivity index (χ0) is 13.8. The first-order chi connectivity index (χ1) is 9.19. The van der Waals surface area contributed by atoms with Crippen molar-refractivity contribution in [3.8, 4) is 0 Å². The number of benzene rings is 2. The molecule has 0 bridgehead atoms. The lowest BCUT2D eigenvalue weighted by molar-refractivity contribution is 0.378. The average molecular weight is 256 g/mol. The van der Waals surface area contributed by atoms with Crippen molar-refractivity contribution in [1.29, 1.82) is 0 Å². The lowest BCUT2D eigenvalue weighted by Crippen LogP contribution is -2.30. The predicted molar refractivity (Wildman–Crippen MR) is 83.3 cm³/mol. The zero-order valence-corrected chi connectivity index (χ0v) is 12.1. The van der Waals surface area contributed by atoms with Gasteiger partial charge in [-0.05, 0) is 48.8 Å². The van der Waals surface area contributed by atoms with Gasteiger partial charge in [0.25, 0.3) is 0 Å². The van der Waals surface area contributed by atoms with E-state index in [0.29, 0.717) is 18.5 Å². The standard InChI is InChI=1S/C17H24N2/c1-4-13(11-18)17(19-3)16-8-7-14-9-12(2)5-6-15(14)10-16/h5-10,13,17,19H,4,11,18H2,1-3H3. The summed E-state index contributed by atoms with van der Waals surface area (Å²) in [4.78, 5) is 0. The van der Waals surface area contributed by atoms with Crippen LogP contribution in [0.1, 0.15) is 30.5 Å². The Hall–Kier alpha value is -1.38. The summed E-state index contributed by atoms with van der Waals surface area (Å²) in [6, 6.07) is 13.7. The minimum Gasteiger partial charge on any atom is -0.330 e. The van der Waals surface area contributed by atoms with Gasteiger partial charge in [0.2, 0.25) is 0 Å². The van der Waals surface area contributed by atoms with Crippen molar-refractivity contribution in [2.24, 2.45) is 11.7 Å². The molecule has 2 aromatic rings. The number of hydrogen-bond acceptors (Lipinski definition) is 2. The highest BCUT2D eigenvalue weighted by Crippen LogP contribution is 2.27. The highest BCUT2D eigenvalue weighted by molar-refractivity contribution is 5.83. The number of rotatable bonds is 5. The van der Waals surface area contributed by atoms with E-state index in [1.54, 1.807) is 0 Å². The quantitative estimate of drug-likeness (QED) is 0.860. The van der Waals surface area contributed by atoms with E-state index in [9.17, 15) is 0 Å². The van der Waals surface area contributed by atoms with Crippen LogP contribution < -0.4 is 11.1 Å². The third kappa shape index (κ3) is 2.96. The lowest BCUT2D eigenvalue weighted by Gasteiger charge is -2.25. The van der Waals surface area contributed by atoms with Crippen molar-refractivity contribution in [1.82, 2.24) is 5.32 Å². The van der Waals surface area contributed by atoms with Gasteiger partial charge < -0.3 is 11.1 Å². The summed E-state index contributed by atoms with van der Waals surface area (Å²) >= 11 is 0. The SMILES string of the molecule is CCC(CN)C(NC)c1ccc2cc(C)ccc2c1. The molecule has 0 heterocycles. The summed E-state index contributed by atoms with van der Waals surface area (Å²) in [7, 11) is 2.02. The molecule has 0 saturated carbocycles. The van der Waals surface area contributed by atoms with Crippen LogP contribution in [0.3, 0.4) is 0 Å². The van der Waals surface area contributed by atoms with Gasteiger partial charge in [0.15, 0.2) is 0 Å². The molecule has 3 N–H and O–H groups in total. The third-order valence-corrected chi connectivity index (χ3v) is 3.99. The van der Waals surface area contributed by atoms with Gasteiger partial charge in [-0.25, -0.2) is 0 Å². The Morgan fingerprint density at radius 2 is 1.79 bits per heavy atom. The topological polar surface area (TPSA) is 38.0 Å². The van der Waals surface area contributed by atoms with E-state index in [2.05, 4.69) is 55.6 Å². The summed E-state index contributed by atoms with van der Waals surface area (Å²) < 4.78 is 0. The first-order valence-electron chi connectivity index (χ1n) is 7.07. The normalized spacial score (nSPS) is 14.5. The fourth-order valence-corrected chi connectivity index (χ4v) is 2.79. The summed E-state index contributed by atoms with van der Waals surface area (Å²) in [6.45, 7) is 5.05. The molecule has 2 atom stereocenters. The van der Waals surface area contributed by atoms with Gasteiger partial charge in [-0.1, -0.05) is 49.2 Å². The molecule has 0 aliphatic carbocycles. The Morgan fingerprint density at radius 1 is 1.11 bits per heavy atom. The maximum atomic E-state index is 5.89. The molecule has 2 aromatic carbocycles. The molecule has 2 rings (SSSR count). The minimum atomic E-state index is 0.334. The van der Waals surface area contributed by atoms with Crippen LogP contribution >= 0.6 is 0 Å². The Balaban J connectivity index is 2.41. The van der Waals surface area contributed by atoms with Gasteiger partial charge in [0.05, 0.1) is 0 Å². The van der Waals surface area contributed by atoms with Crippen LogP contribution in [0.5, 0.6) is 0 Å². The second-order valence-electron chi connectivity index (χ2n) is 5.28. The molecule has 2 unspecified atom stereocenters. The fourth-order valence-electron chi connectivity index (χ4n) is 2.79. The van der Waals surface area contributed by atoms with Crippen LogP contribution in [0.4, 0.5) is 0 Å². The smallest absolute Gasteiger partial charge is 0.0358 e. The second-order valence-corrected chi connectivity index (χ2v) is 5.28. The van der Waals surface area contributed by atoms with E-state index in [0.717, 1.165) is 6.42 Å². The monoisotopic (exact) mass is 256 g/mol. The molecule has 0 amide bonds. The molecule has 19 heavy (non-hydrogen) atoms. The van der Waals surface area contributed by atoms with Gasteiger partial charge in [0, 0.05) is 6.04 Å². The van der Waals surface area contributed by atoms with Crippen molar-refractivity contribution < 1.29 is 0 Å². The van der Waals surface area contributed by atoms with E-state index in [-0.39, 0.29) is 0 Å². The Morgan fingerprint density at radius 3 is 2.42 bits per heavy atom. The Labute approximate surface area is 116 Å². The van der Waals surface area contributed by atoms with Crippen molar-refractivity contribution in [3.05, 3.63) is 47.5 Å². The number of hydrogen-bond donors (Lipinski definition) is 2. The van der Waals surface area contributed by atoms with E-state index in [1.807, 2.05) is 7.05 Å². The molecule has 0 fully saturated rings. The lowest BCUT2D eigenvalue weighted by atomic mass is 9.89. The van der Waals surface area contributed by atoms with Crippen LogP contribution in [0, 0.1) is 12.8 Å². The van der Waals surface area contributed by atoms with Crippen molar-refractivity contribution in [2.45, 2.75) is 26.3 Å². The van der Waals surface area contributed by atoms with Crippen LogP contribution in [-0.2, 0) is 0 Å². The van der Waals surface area contributed by atoms with Gasteiger partial charge in [0.1, 0.15) is 0 Å². The molecular weight excluding hydrogens is 232 g/mol. The van der Waals surface area contributed by atoms with Gasteiger partial charge >= 0.3 is 0 Å². The highest BCUT2D eigenvalue weighted by atomic mass is 14.9. The average Bonchev–Trinajstić information content (AvgIpc) is 2.44. The number of nitrogens with one attached hydrogen (secondary N) is 1. The van der Waals surface area contributed by atoms with Gasteiger partial charge in [-0.2, -0.15) is 0 Å². The maximum absolute atomic E-state index is 5.89. The summed E-state index contributed by atoms with van der Waals surface area (Å²) in [6.07, 6.45) is 1.09. The molecule has 2 heteroatoms. The molecular formula is C17H24N2. The van der Waals surface area contributed by atoms with Gasteiger partial charge in [-0.3, -0.25) is 0 Å². The summed E-state index contributed by atoms with van der Waals surface area (Å²) in [5.41, 5.74) is 8.52. The van der Waals surface area contributed by atoms with Crippen LogP contribution in [0.2, 0.25) is 0 Å². The largest absolute Gasteiger partial charge is 0.330 e. The number of aryl methyl sites for hydroxylation is 1. The van der Waals surface area contributed by atoms with E-state index in [4.69, 9.17) is 5.73 Å². The summed E-state index contributed by atoms with van der Waals surface area (Å²) in [5.74, 6) is 0.480. The van der Waals surface area contributed by atoms with Crippen molar-refractivity contribution in [2.75, 3.05) is 13.6 Å². The molecule has 0 radical (unpaired) electrons. The summed E-state index contributed by atoms with van der Waals surface area (Å²) in [5, 5.41) is 6.02. The molecule has 0 aliphatic rings. The van der Waals surface area contributed by atoms with Crippen LogP contribution in [0.15, 0.2) is 36.4 Å². The number of nitrogens with two attached hydrogens (primary N) is 1. The van der Waals surface area contributed by atoms with Crippen molar-refractivity contribution >= 4 is 10.8 Å². The third-order valence-electron chi connectivity index (χ3n) is 3.99. The zero-order valence-electron chi connectivity index (χ0n) is 12.1. The first kappa shape index (κ1) is 14.0. The molecule has 102 valence electrons. The fraction of sp³-hybridized carbons (Fsp3) is 0.412. The van der Waals surface area contributed by atoms with E-state index >= 15 is 0 Å². The van der Waals surface area contributed by atoms with Crippen LogP contribution in [0.25, 0.3) is 10.8 Å². The van der Waals surface area contributed by atoms with E-state index in [1.165, 1.54) is 21.9 Å². The highest BCUT2D eigenvalue weighted by Gasteiger charge is 2.18. The van der Waals surface area contributed by atoms with Crippen LogP contribution in [-0.4, -0.2) is 13.6 Å².